The number of hydrogen-bond donors (Lipinski definition) is 0. The SMILES string of the molecule is Fc1ccc(/C=C\CN2CCC(CCOC(c3ccc(F)cc3)c3ccc(F)cc3)CC2)cc1. The lowest BCUT2D eigenvalue weighted by Crippen LogP contribution is -2.34. The normalized spacial score (nSPS) is 15.4. The Hall–Kier alpha value is -2.89. The molecule has 0 spiro atoms. The van der Waals surface area contributed by atoms with Gasteiger partial charge in [-0.3, -0.25) is 4.90 Å². The molecule has 0 amide bonds. The average Bonchev–Trinajstić information content (AvgIpc) is 2.85. The van der Waals surface area contributed by atoms with Crippen LogP contribution in [-0.4, -0.2) is 31.1 Å². The van der Waals surface area contributed by atoms with Crippen LogP contribution in [0.2, 0.25) is 0 Å². The molecule has 3 aromatic rings. The summed E-state index contributed by atoms with van der Waals surface area (Å²) in [5, 5.41) is 0. The van der Waals surface area contributed by atoms with E-state index in [4.69, 9.17) is 4.74 Å². The average molecular weight is 466 g/mol. The summed E-state index contributed by atoms with van der Waals surface area (Å²) in [5.74, 6) is -0.203. The van der Waals surface area contributed by atoms with Crippen LogP contribution in [0.5, 0.6) is 0 Å². The van der Waals surface area contributed by atoms with E-state index in [0.29, 0.717) is 12.5 Å². The van der Waals surface area contributed by atoms with Crippen LogP contribution >= 0.6 is 0 Å². The van der Waals surface area contributed by atoms with Crippen molar-refractivity contribution in [3.05, 3.63) is 113 Å². The zero-order chi connectivity index (χ0) is 23.8. The minimum atomic E-state index is -0.349. The van der Waals surface area contributed by atoms with E-state index in [2.05, 4.69) is 11.0 Å². The molecular formula is C29H30F3NO. The van der Waals surface area contributed by atoms with Crippen LogP contribution in [-0.2, 0) is 4.74 Å². The van der Waals surface area contributed by atoms with Gasteiger partial charge in [-0.25, -0.2) is 13.2 Å². The second kappa shape index (κ2) is 12.0. The Kier molecular flexibility index (Phi) is 8.56. The van der Waals surface area contributed by atoms with Crippen molar-refractivity contribution in [2.75, 3.05) is 26.2 Å². The predicted molar refractivity (Wildman–Crippen MR) is 130 cm³/mol. The molecule has 0 atom stereocenters. The van der Waals surface area contributed by atoms with E-state index in [-0.39, 0.29) is 23.6 Å². The van der Waals surface area contributed by atoms with E-state index >= 15 is 0 Å². The molecule has 2 nitrogen and oxygen atoms in total. The molecule has 0 bridgehead atoms. The van der Waals surface area contributed by atoms with E-state index in [9.17, 15) is 13.2 Å². The molecule has 1 saturated heterocycles. The van der Waals surface area contributed by atoms with E-state index in [1.807, 2.05) is 6.08 Å². The second-order valence-electron chi connectivity index (χ2n) is 8.84. The molecule has 0 radical (unpaired) electrons. The molecule has 34 heavy (non-hydrogen) atoms. The fourth-order valence-corrected chi connectivity index (χ4v) is 4.38. The number of rotatable bonds is 9. The Labute approximate surface area is 199 Å². The summed E-state index contributed by atoms with van der Waals surface area (Å²) in [6.45, 7) is 3.56. The number of benzene rings is 3. The van der Waals surface area contributed by atoms with E-state index < -0.39 is 0 Å². The van der Waals surface area contributed by atoms with Crippen LogP contribution in [0.4, 0.5) is 13.2 Å². The van der Waals surface area contributed by atoms with Gasteiger partial charge in [-0.05, 0) is 91.4 Å². The Morgan fingerprint density at radius 3 is 1.79 bits per heavy atom. The van der Waals surface area contributed by atoms with Gasteiger partial charge in [0.1, 0.15) is 23.6 Å². The largest absolute Gasteiger partial charge is 0.369 e. The Balaban J connectivity index is 1.24. The fourth-order valence-electron chi connectivity index (χ4n) is 4.38. The van der Waals surface area contributed by atoms with Crippen LogP contribution < -0.4 is 0 Å². The molecule has 5 heteroatoms. The van der Waals surface area contributed by atoms with Gasteiger partial charge >= 0.3 is 0 Å². The number of ether oxygens (including phenoxy) is 1. The molecule has 1 fully saturated rings. The minimum absolute atomic E-state index is 0.218. The molecule has 0 N–H and O–H groups in total. The zero-order valence-electron chi connectivity index (χ0n) is 19.2. The van der Waals surface area contributed by atoms with Crippen LogP contribution in [0.25, 0.3) is 6.08 Å². The number of likely N-dealkylation sites (tertiary alicyclic amines) is 1. The Morgan fingerprint density at radius 1 is 0.765 bits per heavy atom. The molecule has 0 aromatic heterocycles. The van der Waals surface area contributed by atoms with Gasteiger partial charge in [-0.15, -0.1) is 0 Å². The van der Waals surface area contributed by atoms with Gasteiger partial charge in [-0.2, -0.15) is 0 Å². The van der Waals surface area contributed by atoms with Crippen LogP contribution in [0.1, 0.15) is 42.1 Å². The molecule has 3 aromatic carbocycles. The summed E-state index contributed by atoms with van der Waals surface area (Å²) in [4.78, 5) is 2.43. The van der Waals surface area contributed by atoms with Gasteiger partial charge in [0.15, 0.2) is 0 Å². The van der Waals surface area contributed by atoms with Crippen molar-refractivity contribution in [1.82, 2.24) is 4.90 Å². The summed E-state index contributed by atoms with van der Waals surface area (Å²) < 4.78 is 46.0. The third-order valence-corrected chi connectivity index (χ3v) is 6.41. The zero-order valence-corrected chi connectivity index (χ0v) is 19.2. The standard InChI is InChI=1S/C29H30F3NO/c30-26-9-3-22(4-10-26)2-1-18-33-19-15-23(16-20-33)17-21-34-29(24-5-11-27(31)12-6-24)25-7-13-28(32)14-8-25/h1-14,23,29H,15-21H2/b2-1-. The number of piperidine rings is 1. The lowest BCUT2D eigenvalue weighted by Gasteiger charge is -2.31. The highest BCUT2D eigenvalue weighted by atomic mass is 19.1. The summed E-state index contributed by atoms with van der Waals surface area (Å²) in [6, 6.07) is 19.1. The third-order valence-electron chi connectivity index (χ3n) is 6.41. The number of nitrogens with zero attached hydrogens (tertiary/aromatic N) is 1. The van der Waals surface area contributed by atoms with Gasteiger partial charge in [0.25, 0.3) is 0 Å². The maximum Gasteiger partial charge on any atom is 0.123 e. The van der Waals surface area contributed by atoms with Crippen molar-refractivity contribution in [3.8, 4) is 0 Å². The van der Waals surface area contributed by atoms with Crippen molar-refractivity contribution in [2.24, 2.45) is 5.92 Å². The molecule has 0 aliphatic carbocycles. The minimum Gasteiger partial charge on any atom is -0.369 e. The van der Waals surface area contributed by atoms with Crippen molar-refractivity contribution in [2.45, 2.75) is 25.4 Å². The lowest BCUT2D eigenvalue weighted by atomic mass is 9.93. The van der Waals surface area contributed by atoms with E-state index in [0.717, 1.165) is 55.6 Å². The van der Waals surface area contributed by atoms with Crippen molar-refractivity contribution in [1.29, 1.82) is 0 Å². The summed E-state index contributed by atoms with van der Waals surface area (Å²) >= 11 is 0. The maximum absolute atomic E-state index is 13.4. The van der Waals surface area contributed by atoms with Crippen LogP contribution in [0, 0.1) is 23.4 Å². The van der Waals surface area contributed by atoms with Crippen LogP contribution in [0.15, 0.2) is 78.9 Å². The highest BCUT2D eigenvalue weighted by Crippen LogP contribution is 2.28. The third kappa shape index (κ3) is 7.05. The fraction of sp³-hybridized carbons (Fsp3) is 0.310. The summed E-state index contributed by atoms with van der Waals surface area (Å²) in [5.41, 5.74) is 2.72. The monoisotopic (exact) mass is 465 g/mol. The van der Waals surface area contributed by atoms with Gasteiger partial charge in [-0.1, -0.05) is 48.6 Å². The first-order valence-corrected chi connectivity index (χ1v) is 11.8. The Bertz CT molecular complexity index is 995. The quantitative estimate of drug-likeness (QED) is 0.337. The highest BCUT2D eigenvalue weighted by Gasteiger charge is 2.20. The van der Waals surface area contributed by atoms with Crippen LogP contribution in [0.3, 0.4) is 0 Å². The van der Waals surface area contributed by atoms with Crippen molar-refractivity contribution < 1.29 is 17.9 Å². The van der Waals surface area contributed by atoms with Gasteiger partial charge in [0, 0.05) is 13.2 Å². The lowest BCUT2D eigenvalue weighted by molar-refractivity contribution is 0.0609. The predicted octanol–water partition coefficient (Wildman–Crippen LogP) is 7.03. The van der Waals surface area contributed by atoms with E-state index in [1.54, 1.807) is 36.4 Å². The topological polar surface area (TPSA) is 12.5 Å². The first-order chi connectivity index (χ1) is 16.6. The molecule has 1 aliphatic heterocycles. The van der Waals surface area contributed by atoms with Crippen molar-refractivity contribution >= 4 is 6.08 Å². The second-order valence-corrected chi connectivity index (χ2v) is 8.84. The molecule has 0 saturated carbocycles. The molecule has 4 rings (SSSR count). The Morgan fingerprint density at radius 2 is 1.26 bits per heavy atom. The van der Waals surface area contributed by atoms with Gasteiger partial charge < -0.3 is 4.74 Å². The van der Waals surface area contributed by atoms with Crippen molar-refractivity contribution in [3.63, 3.8) is 0 Å². The van der Waals surface area contributed by atoms with Gasteiger partial charge in [0.05, 0.1) is 0 Å². The summed E-state index contributed by atoms with van der Waals surface area (Å²) in [7, 11) is 0. The maximum atomic E-state index is 13.4. The smallest absolute Gasteiger partial charge is 0.123 e. The summed E-state index contributed by atoms with van der Waals surface area (Å²) in [6.07, 6.45) is 7.00. The highest BCUT2D eigenvalue weighted by molar-refractivity contribution is 5.48. The molecule has 178 valence electrons. The molecular weight excluding hydrogens is 435 g/mol. The van der Waals surface area contributed by atoms with Gasteiger partial charge in [0.2, 0.25) is 0 Å². The molecule has 1 aliphatic rings. The first-order valence-electron chi connectivity index (χ1n) is 11.8. The van der Waals surface area contributed by atoms with E-state index in [1.165, 1.54) is 36.4 Å². The number of hydrogen-bond acceptors (Lipinski definition) is 2. The molecule has 1 heterocycles. The number of halogens is 3. The first kappa shape index (κ1) is 24.2. The molecule has 0 unspecified atom stereocenters.